The number of rotatable bonds is 4. The van der Waals surface area contributed by atoms with Gasteiger partial charge in [-0.2, -0.15) is 5.10 Å². The summed E-state index contributed by atoms with van der Waals surface area (Å²) in [7, 11) is 0. The van der Waals surface area contributed by atoms with E-state index in [9.17, 15) is 10.1 Å². The molecule has 1 aromatic heterocycles. The van der Waals surface area contributed by atoms with Gasteiger partial charge in [0, 0.05) is 28.7 Å². The number of nitrogens with zero attached hydrogens (tertiary/aromatic N) is 3. The van der Waals surface area contributed by atoms with E-state index in [0.717, 1.165) is 22.2 Å². The second kappa shape index (κ2) is 6.41. The highest BCUT2D eigenvalue weighted by atomic mass is 35.5. The Morgan fingerprint density at radius 1 is 1.17 bits per heavy atom. The Labute approximate surface area is 136 Å². The molecule has 0 saturated carbocycles. The maximum atomic E-state index is 10.6. The number of non-ortho nitro benzene ring substituents is 1. The van der Waals surface area contributed by atoms with Gasteiger partial charge in [0.15, 0.2) is 0 Å². The zero-order valence-electron chi connectivity index (χ0n) is 11.8. The minimum absolute atomic E-state index is 0.0483. The molecule has 0 bridgehead atoms. The predicted molar refractivity (Wildman–Crippen MR) is 91.1 cm³/mol. The standard InChI is InChI=1S/C16H11ClN4O2/c17-12-3-6-14-15(7-8-18-16(14)9-12)20-19-10-11-1-4-13(5-2-11)21(22)23/h1-10H,(H,18,20)/b19-10+. The summed E-state index contributed by atoms with van der Waals surface area (Å²) in [6, 6.07) is 13.4. The summed E-state index contributed by atoms with van der Waals surface area (Å²) < 4.78 is 0. The summed E-state index contributed by atoms with van der Waals surface area (Å²) in [5, 5.41) is 16.3. The Balaban J connectivity index is 1.79. The van der Waals surface area contributed by atoms with Crippen molar-refractivity contribution in [3.05, 3.63) is 75.4 Å². The lowest BCUT2D eigenvalue weighted by atomic mass is 10.2. The molecule has 0 spiro atoms. The van der Waals surface area contributed by atoms with Crippen LogP contribution in [0.4, 0.5) is 11.4 Å². The minimum Gasteiger partial charge on any atom is -0.278 e. The highest BCUT2D eigenvalue weighted by Gasteiger charge is 2.03. The van der Waals surface area contributed by atoms with Crippen molar-refractivity contribution in [2.24, 2.45) is 5.10 Å². The van der Waals surface area contributed by atoms with Crippen LogP contribution in [-0.4, -0.2) is 16.1 Å². The summed E-state index contributed by atoms with van der Waals surface area (Å²) >= 11 is 5.95. The van der Waals surface area contributed by atoms with Crippen LogP contribution in [-0.2, 0) is 0 Å². The van der Waals surface area contributed by atoms with E-state index in [0.29, 0.717) is 5.02 Å². The third-order valence-corrected chi connectivity index (χ3v) is 3.44. The second-order valence-corrected chi connectivity index (χ2v) is 5.18. The van der Waals surface area contributed by atoms with Crippen molar-refractivity contribution >= 4 is 40.1 Å². The van der Waals surface area contributed by atoms with Gasteiger partial charge in [-0.1, -0.05) is 11.6 Å². The molecular weight excluding hydrogens is 316 g/mol. The van der Waals surface area contributed by atoms with Crippen LogP contribution >= 0.6 is 11.6 Å². The number of nitrogens with one attached hydrogen (secondary N) is 1. The van der Waals surface area contributed by atoms with E-state index in [2.05, 4.69) is 15.5 Å². The molecule has 0 saturated heterocycles. The zero-order chi connectivity index (χ0) is 16.2. The molecule has 0 atom stereocenters. The number of hydrogen-bond donors (Lipinski definition) is 1. The summed E-state index contributed by atoms with van der Waals surface area (Å²) in [5.41, 5.74) is 5.32. The third kappa shape index (κ3) is 3.44. The maximum absolute atomic E-state index is 10.6. The first kappa shape index (κ1) is 14.9. The monoisotopic (exact) mass is 326 g/mol. The molecular formula is C16H11ClN4O2. The number of anilines is 1. The van der Waals surface area contributed by atoms with Crippen molar-refractivity contribution in [1.82, 2.24) is 4.98 Å². The lowest BCUT2D eigenvalue weighted by Crippen LogP contribution is -1.93. The van der Waals surface area contributed by atoms with Gasteiger partial charge in [0.05, 0.1) is 22.3 Å². The summed E-state index contributed by atoms with van der Waals surface area (Å²) in [4.78, 5) is 14.4. The molecule has 0 aliphatic carbocycles. The van der Waals surface area contributed by atoms with Crippen LogP contribution in [0.3, 0.4) is 0 Å². The average molecular weight is 327 g/mol. The second-order valence-electron chi connectivity index (χ2n) is 4.74. The van der Waals surface area contributed by atoms with E-state index < -0.39 is 4.92 Å². The van der Waals surface area contributed by atoms with Crippen LogP contribution in [0.5, 0.6) is 0 Å². The van der Waals surface area contributed by atoms with Gasteiger partial charge in [0.1, 0.15) is 0 Å². The molecule has 3 rings (SSSR count). The molecule has 0 radical (unpaired) electrons. The highest BCUT2D eigenvalue weighted by molar-refractivity contribution is 6.31. The lowest BCUT2D eigenvalue weighted by Gasteiger charge is -2.05. The van der Waals surface area contributed by atoms with Crippen molar-refractivity contribution in [1.29, 1.82) is 0 Å². The molecule has 0 fully saturated rings. The van der Waals surface area contributed by atoms with Gasteiger partial charge in [-0.3, -0.25) is 20.5 Å². The number of aromatic nitrogens is 1. The topological polar surface area (TPSA) is 80.4 Å². The molecule has 6 nitrogen and oxygen atoms in total. The van der Waals surface area contributed by atoms with E-state index in [1.807, 2.05) is 12.1 Å². The fourth-order valence-corrected chi connectivity index (χ4v) is 2.24. The first-order chi connectivity index (χ1) is 11.1. The Kier molecular flexibility index (Phi) is 4.16. The molecule has 0 aliphatic rings. The molecule has 1 N–H and O–H groups in total. The number of nitro benzene ring substituents is 1. The number of hydrazone groups is 1. The van der Waals surface area contributed by atoms with Crippen LogP contribution in [0, 0.1) is 10.1 Å². The fourth-order valence-electron chi connectivity index (χ4n) is 2.08. The molecule has 2 aromatic carbocycles. The van der Waals surface area contributed by atoms with E-state index >= 15 is 0 Å². The van der Waals surface area contributed by atoms with Gasteiger partial charge in [-0.15, -0.1) is 0 Å². The fraction of sp³-hybridized carbons (Fsp3) is 0. The Bertz CT molecular complexity index is 894. The predicted octanol–water partition coefficient (Wildman–Crippen LogP) is 4.24. The number of halogens is 1. The smallest absolute Gasteiger partial charge is 0.269 e. The van der Waals surface area contributed by atoms with Crippen LogP contribution in [0.2, 0.25) is 5.02 Å². The summed E-state index contributed by atoms with van der Waals surface area (Å²) in [6.07, 6.45) is 3.26. The largest absolute Gasteiger partial charge is 0.278 e. The van der Waals surface area contributed by atoms with E-state index in [1.54, 1.807) is 36.7 Å². The van der Waals surface area contributed by atoms with Crippen molar-refractivity contribution < 1.29 is 4.92 Å². The quantitative estimate of drug-likeness (QED) is 0.441. The van der Waals surface area contributed by atoms with E-state index in [1.165, 1.54) is 12.1 Å². The Morgan fingerprint density at radius 3 is 2.70 bits per heavy atom. The van der Waals surface area contributed by atoms with Gasteiger partial charge in [0.25, 0.3) is 5.69 Å². The third-order valence-electron chi connectivity index (χ3n) is 3.21. The van der Waals surface area contributed by atoms with Crippen LogP contribution in [0.25, 0.3) is 10.9 Å². The highest BCUT2D eigenvalue weighted by Crippen LogP contribution is 2.24. The Morgan fingerprint density at radius 2 is 1.96 bits per heavy atom. The lowest BCUT2D eigenvalue weighted by molar-refractivity contribution is -0.384. The molecule has 114 valence electrons. The maximum Gasteiger partial charge on any atom is 0.269 e. The molecule has 1 heterocycles. The van der Waals surface area contributed by atoms with Crippen molar-refractivity contribution in [3.63, 3.8) is 0 Å². The van der Waals surface area contributed by atoms with Crippen molar-refractivity contribution in [2.45, 2.75) is 0 Å². The van der Waals surface area contributed by atoms with Crippen LogP contribution in [0.15, 0.2) is 59.8 Å². The number of pyridine rings is 1. The van der Waals surface area contributed by atoms with E-state index in [4.69, 9.17) is 11.6 Å². The molecule has 23 heavy (non-hydrogen) atoms. The van der Waals surface area contributed by atoms with Gasteiger partial charge >= 0.3 is 0 Å². The first-order valence-corrected chi connectivity index (χ1v) is 7.09. The van der Waals surface area contributed by atoms with Gasteiger partial charge in [-0.25, -0.2) is 0 Å². The van der Waals surface area contributed by atoms with Gasteiger partial charge < -0.3 is 0 Å². The zero-order valence-corrected chi connectivity index (χ0v) is 12.6. The van der Waals surface area contributed by atoms with Crippen LogP contribution < -0.4 is 5.43 Å². The number of fused-ring (bicyclic) bond motifs is 1. The summed E-state index contributed by atoms with van der Waals surface area (Å²) in [5.74, 6) is 0. The van der Waals surface area contributed by atoms with Crippen molar-refractivity contribution in [3.8, 4) is 0 Å². The summed E-state index contributed by atoms with van der Waals surface area (Å²) in [6.45, 7) is 0. The molecule has 0 amide bonds. The number of hydrogen-bond acceptors (Lipinski definition) is 5. The van der Waals surface area contributed by atoms with E-state index in [-0.39, 0.29) is 5.69 Å². The number of nitro groups is 1. The first-order valence-electron chi connectivity index (χ1n) is 6.71. The molecule has 0 unspecified atom stereocenters. The minimum atomic E-state index is -0.437. The van der Waals surface area contributed by atoms with Gasteiger partial charge in [0.2, 0.25) is 0 Å². The number of benzene rings is 2. The normalized spacial score (nSPS) is 11.0. The molecule has 0 aliphatic heterocycles. The Hall–Kier alpha value is -2.99. The van der Waals surface area contributed by atoms with Crippen LogP contribution in [0.1, 0.15) is 5.56 Å². The average Bonchev–Trinajstić information content (AvgIpc) is 2.55. The molecule has 3 aromatic rings. The SMILES string of the molecule is O=[N+]([O-])c1ccc(/C=N/Nc2ccnc3cc(Cl)ccc23)cc1. The van der Waals surface area contributed by atoms with Crippen molar-refractivity contribution in [2.75, 3.05) is 5.43 Å². The molecule has 7 heteroatoms. The van der Waals surface area contributed by atoms with Gasteiger partial charge in [-0.05, 0) is 42.0 Å².